The van der Waals surface area contributed by atoms with E-state index in [2.05, 4.69) is 15.6 Å². The van der Waals surface area contributed by atoms with Crippen molar-refractivity contribution in [2.75, 3.05) is 20.3 Å². The Morgan fingerprint density at radius 1 is 0.897 bits per heavy atom. The molecule has 29 heavy (non-hydrogen) atoms. The van der Waals surface area contributed by atoms with Crippen LogP contribution in [-0.4, -0.2) is 32.4 Å². The van der Waals surface area contributed by atoms with Gasteiger partial charge in [0.05, 0.1) is 6.61 Å². The van der Waals surface area contributed by atoms with Crippen molar-refractivity contribution in [1.82, 2.24) is 10.6 Å². The Morgan fingerprint density at radius 3 is 1.90 bits per heavy atom. The largest absolute Gasteiger partial charge is 0.484 e. The molecule has 2 aromatic carbocycles. The molecule has 2 N–H and O–H groups in total. The molecule has 0 atom stereocenters. The fourth-order valence-corrected chi connectivity index (χ4v) is 2.43. The monoisotopic (exact) mass is 409 g/mol. The Bertz CT molecular complexity index is 760. The third kappa shape index (κ3) is 8.87. The molecule has 0 fully saturated rings. The van der Waals surface area contributed by atoms with Gasteiger partial charge < -0.3 is 20.1 Å². The number of aliphatic imine (C=N–C) groups is 1. The Morgan fingerprint density at radius 2 is 1.41 bits per heavy atom. The van der Waals surface area contributed by atoms with Crippen molar-refractivity contribution in [3.8, 4) is 5.75 Å². The van der Waals surface area contributed by atoms with E-state index in [0.717, 1.165) is 16.7 Å². The molecule has 8 heteroatoms. The fraction of sp³-hybridized carbons (Fsp3) is 0.381. The fourth-order valence-electron chi connectivity index (χ4n) is 2.43. The average molecular weight is 409 g/mol. The van der Waals surface area contributed by atoms with Crippen LogP contribution in [-0.2, 0) is 24.4 Å². The van der Waals surface area contributed by atoms with Crippen LogP contribution in [0.3, 0.4) is 0 Å². The number of ether oxygens (including phenoxy) is 2. The molecule has 158 valence electrons. The molecule has 5 nitrogen and oxygen atoms in total. The van der Waals surface area contributed by atoms with Crippen LogP contribution < -0.4 is 15.4 Å². The van der Waals surface area contributed by atoms with Gasteiger partial charge in [-0.1, -0.05) is 36.4 Å². The Labute approximate surface area is 168 Å². The molecule has 0 aromatic heterocycles. The molecule has 0 radical (unpaired) electrons. The van der Waals surface area contributed by atoms with E-state index in [-0.39, 0.29) is 5.75 Å². The molecule has 0 aliphatic heterocycles. The first-order valence-electron chi connectivity index (χ1n) is 9.28. The first-order chi connectivity index (χ1) is 13.9. The van der Waals surface area contributed by atoms with Crippen LogP contribution in [0.5, 0.6) is 5.75 Å². The lowest BCUT2D eigenvalue weighted by Gasteiger charge is -2.13. The molecule has 0 spiro atoms. The van der Waals surface area contributed by atoms with Gasteiger partial charge in [0.25, 0.3) is 0 Å². The van der Waals surface area contributed by atoms with Crippen LogP contribution in [0.4, 0.5) is 13.2 Å². The van der Waals surface area contributed by atoms with Crippen molar-refractivity contribution < 1.29 is 22.6 Å². The molecule has 0 saturated carbocycles. The SMILES string of the molecule is CCOCc1ccc(CNC(=NC)NCc2ccc(OCC(F)(F)F)cc2)cc1. The van der Waals surface area contributed by atoms with Crippen LogP contribution >= 0.6 is 0 Å². The van der Waals surface area contributed by atoms with E-state index >= 15 is 0 Å². The Kier molecular flexibility index (Phi) is 8.79. The summed E-state index contributed by atoms with van der Waals surface area (Å²) in [4.78, 5) is 4.18. The summed E-state index contributed by atoms with van der Waals surface area (Å²) in [6.45, 7) is 3.05. The highest BCUT2D eigenvalue weighted by Gasteiger charge is 2.28. The van der Waals surface area contributed by atoms with Gasteiger partial charge in [0.15, 0.2) is 12.6 Å². The number of alkyl halides is 3. The van der Waals surface area contributed by atoms with Crippen molar-refractivity contribution in [2.24, 2.45) is 4.99 Å². The number of hydrogen-bond acceptors (Lipinski definition) is 3. The van der Waals surface area contributed by atoms with Crippen molar-refractivity contribution >= 4 is 5.96 Å². The number of hydrogen-bond donors (Lipinski definition) is 2. The lowest BCUT2D eigenvalue weighted by atomic mass is 10.1. The van der Waals surface area contributed by atoms with Gasteiger partial charge in [0, 0.05) is 26.7 Å². The van der Waals surface area contributed by atoms with E-state index in [1.807, 2.05) is 31.2 Å². The molecule has 0 aliphatic carbocycles. The van der Waals surface area contributed by atoms with E-state index < -0.39 is 12.8 Å². The maximum atomic E-state index is 12.2. The molecule has 0 unspecified atom stereocenters. The second-order valence-electron chi connectivity index (χ2n) is 6.28. The molecule has 2 rings (SSSR count). The lowest BCUT2D eigenvalue weighted by Crippen LogP contribution is -2.36. The maximum absolute atomic E-state index is 12.2. The Balaban J connectivity index is 1.77. The first-order valence-corrected chi connectivity index (χ1v) is 9.28. The summed E-state index contributed by atoms with van der Waals surface area (Å²) in [5.41, 5.74) is 3.13. The summed E-state index contributed by atoms with van der Waals surface area (Å²) in [6.07, 6.45) is -4.35. The van der Waals surface area contributed by atoms with E-state index in [9.17, 15) is 13.2 Å². The summed E-state index contributed by atoms with van der Waals surface area (Å²) in [7, 11) is 1.68. The molecule has 2 aromatic rings. The third-order valence-electron chi connectivity index (χ3n) is 3.97. The first kappa shape index (κ1) is 22.5. The van der Waals surface area contributed by atoms with Crippen molar-refractivity contribution in [3.05, 3.63) is 65.2 Å². The zero-order chi connectivity index (χ0) is 21.1. The molecule has 0 heterocycles. The van der Waals surface area contributed by atoms with Gasteiger partial charge in [-0.05, 0) is 35.7 Å². The summed E-state index contributed by atoms with van der Waals surface area (Å²) in [6, 6.07) is 14.6. The Hall–Kier alpha value is -2.74. The summed E-state index contributed by atoms with van der Waals surface area (Å²) in [5.74, 6) is 0.808. The third-order valence-corrected chi connectivity index (χ3v) is 3.97. The van der Waals surface area contributed by atoms with Crippen molar-refractivity contribution in [2.45, 2.75) is 32.8 Å². The zero-order valence-electron chi connectivity index (χ0n) is 16.6. The predicted molar refractivity (Wildman–Crippen MR) is 107 cm³/mol. The zero-order valence-corrected chi connectivity index (χ0v) is 16.6. The predicted octanol–water partition coefficient (Wildman–Crippen LogP) is 4.03. The molecule has 0 saturated heterocycles. The standard InChI is InChI=1S/C21H26F3N3O2/c1-3-28-14-18-6-4-16(5-7-18)12-26-20(25-2)27-13-17-8-10-19(11-9-17)29-15-21(22,23)24/h4-11H,3,12-15H2,1-2H3,(H2,25,26,27). The number of rotatable bonds is 9. The van der Waals surface area contributed by atoms with E-state index in [0.29, 0.717) is 32.3 Å². The van der Waals surface area contributed by atoms with Gasteiger partial charge in [0.2, 0.25) is 0 Å². The summed E-state index contributed by atoms with van der Waals surface area (Å²) >= 11 is 0. The van der Waals surface area contributed by atoms with E-state index in [1.54, 1.807) is 19.2 Å². The number of halogens is 3. The van der Waals surface area contributed by atoms with Crippen LogP contribution in [0.1, 0.15) is 23.6 Å². The quantitative estimate of drug-likeness (QED) is 0.485. The summed E-state index contributed by atoms with van der Waals surface area (Å²) in [5, 5.41) is 6.39. The molecular weight excluding hydrogens is 383 g/mol. The topological polar surface area (TPSA) is 54.9 Å². The minimum absolute atomic E-state index is 0.182. The number of nitrogens with one attached hydrogen (secondary N) is 2. The molecule has 0 aliphatic rings. The number of nitrogens with zero attached hydrogens (tertiary/aromatic N) is 1. The molecule has 0 amide bonds. The van der Waals surface area contributed by atoms with Gasteiger partial charge in [-0.15, -0.1) is 0 Å². The van der Waals surface area contributed by atoms with E-state index in [4.69, 9.17) is 9.47 Å². The van der Waals surface area contributed by atoms with E-state index in [1.165, 1.54) is 12.1 Å². The van der Waals surface area contributed by atoms with Crippen LogP contribution in [0.25, 0.3) is 0 Å². The smallest absolute Gasteiger partial charge is 0.422 e. The second kappa shape index (κ2) is 11.3. The maximum Gasteiger partial charge on any atom is 0.422 e. The number of benzene rings is 2. The second-order valence-corrected chi connectivity index (χ2v) is 6.28. The lowest BCUT2D eigenvalue weighted by molar-refractivity contribution is -0.153. The van der Waals surface area contributed by atoms with Gasteiger partial charge in [-0.3, -0.25) is 4.99 Å². The normalized spacial score (nSPS) is 12.0. The highest BCUT2D eigenvalue weighted by molar-refractivity contribution is 5.79. The summed E-state index contributed by atoms with van der Waals surface area (Å²) < 4.78 is 46.6. The molecular formula is C21H26F3N3O2. The average Bonchev–Trinajstić information content (AvgIpc) is 2.72. The van der Waals surface area contributed by atoms with Crippen LogP contribution in [0.2, 0.25) is 0 Å². The highest BCUT2D eigenvalue weighted by atomic mass is 19.4. The van der Waals surface area contributed by atoms with Gasteiger partial charge >= 0.3 is 6.18 Å². The van der Waals surface area contributed by atoms with Crippen LogP contribution in [0.15, 0.2) is 53.5 Å². The van der Waals surface area contributed by atoms with Crippen molar-refractivity contribution in [3.63, 3.8) is 0 Å². The van der Waals surface area contributed by atoms with Gasteiger partial charge in [0.1, 0.15) is 5.75 Å². The minimum Gasteiger partial charge on any atom is -0.484 e. The minimum atomic E-state index is -4.35. The van der Waals surface area contributed by atoms with Gasteiger partial charge in [-0.25, -0.2) is 0 Å². The van der Waals surface area contributed by atoms with Crippen LogP contribution in [0, 0.1) is 0 Å². The number of guanidine groups is 1. The van der Waals surface area contributed by atoms with Crippen molar-refractivity contribution in [1.29, 1.82) is 0 Å². The molecule has 0 bridgehead atoms. The highest BCUT2D eigenvalue weighted by Crippen LogP contribution is 2.18. The van der Waals surface area contributed by atoms with Gasteiger partial charge in [-0.2, -0.15) is 13.2 Å².